The highest BCUT2D eigenvalue weighted by atomic mass is 19.1. The number of alkyl halides is 1. The first kappa shape index (κ1) is 9.99. The number of benzene rings is 1. The van der Waals surface area contributed by atoms with Crippen molar-refractivity contribution in [2.45, 2.75) is 6.42 Å². The van der Waals surface area contributed by atoms with Crippen molar-refractivity contribution >= 4 is 5.69 Å². The Labute approximate surface area is 77.5 Å². The Kier molecular flexibility index (Phi) is 4.26. The third kappa shape index (κ3) is 3.42. The normalized spacial score (nSPS) is 10.2. The number of ether oxygens (including phenoxy) is 1. The average Bonchev–Trinajstić information content (AvgIpc) is 2.15. The molecule has 72 valence electrons. The molecule has 2 N–H and O–H groups in total. The second-order valence-corrected chi connectivity index (χ2v) is 2.75. The topological polar surface area (TPSA) is 35.2 Å². The minimum absolute atomic E-state index is 0.173. The fourth-order valence-electron chi connectivity index (χ4n) is 1.10. The van der Waals surface area contributed by atoms with E-state index < -0.39 is 6.67 Å². The molecule has 0 saturated heterocycles. The van der Waals surface area contributed by atoms with E-state index in [4.69, 9.17) is 10.5 Å². The van der Waals surface area contributed by atoms with Crippen molar-refractivity contribution in [2.24, 2.45) is 0 Å². The van der Waals surface area contributed by atoms with Crippen molar-refractivity contribution in [3.8, 4) is 0 Å². The van der Waals surface area contributed by atoms with Crippen LogP contribution in [0.5, 0.6) is 0 Å². The van der Waals surface area contributed by atoms with Gasteiger partial charge in [0.15, 0.2) is 0 Å². The third-order valence-corrected chi connectivity index (χ3v) is 1.79. The van der Waals surface area contributed by atoms with Crippen molar-refractivity contribution in [1.29, 1.82) is 0 Å². The van der Waals surface area contributed by atoms with E-state index in [0.717, 1.165) is 17.7 Å². The van der Waals surface area contributed by atoms with Crippen LogP contribution in [0.25, 0.3) is 0 Å². The van der Waals surface area contributed by atoms with Crippen molar-refractivity contribution in [2.75, 3.05) is 25.6 Å². The fraction of sp³-hybridized carbons (Fsp3) is 0.400. The molecule has 3 heteroatoms. The van der Waals surface area contributed by atoms with Crippen LogP contribution in [0.4, 0.5) is 10.1 Å². The second kappa shape index (κ2) is 5.54. The van der Waals surface area contributed by atoms with Crippen LogP contribution in [0.2, 0.25) is 0 Å². The zero-order chi connectivity index (χ0) is 9.52. The van der Waals surface area contributed by atoms with E-state index in [2.05, 4.69) is 0 Å². The molecular weight excluding hydrogens is 169 g/mol. The molecule has 0 unspecified atom stereocenters. The van der Waals surface area contributed by atoms with E-state index in [1.807, 2.05) is 24.3 Å². The summed E-state index contributed by atoms with van der Waals surface area (Å²) in [6.07, 6.45) is 0.743. The van der Waals surface area contributed by atoms with E-state index in [1.165, 1.54) is 0 Å². The van der Waals surface area contributed by atoms with Gasteiger partial charge in [-0.2, -0.15) is 0 Å². The van der Waals surface area contributed by atoms with Gasteiger partial charge in [-0.3, -0.25) is 0 Å². The minimum Gasteiger partial charge on any atom is -0.399 e. The summed E-state index contributed by atoms with van der Waals surface area (Å²) in [5, 5.41) is 0. The van der Waals surface area contributed by atoms with Crippen LogP contribution < -0.4 is 5.73 Å². The molecule has 1 aromatic carbocycles. The molecule has 0 saturated carbocycles. The Bertz CT molecular complexity index is 252. The second-order valence-electron chi connectivity index (χ2n) is 2.75. The Morgan fingerprint density at radius 3 is 2.69 bits per heavy atom. The summed E-state index contributed by atoms with van der Waals surface area (Å²) in [6, 6.07) is 7.63. The van der Waals surface area contributed by atoms with Crippen LogP contribution in [0, 0.1) is 0 Å². The molecule has 0 fully saturated rings. The first-order valence-electron chi connectivity index (χ1n) is 4.31. The van der Waals surface area contributed by atoms with Gasteiger partial charge in [-0.25, -0.2) is 4.39 Å². The van der Waals surface area contributed by atoms with E-state index in [0.29, 0.717) is 6.61 Å². The van der Waals surface area contributed by atoms with E-state index in [-0.39, 0.29) is 6.61 Å². The summed E-state index contributed by atoms with van der Waals surface area (Å²) in [6.45, 7) is 0.273. The molecule has 0 bridgehead atoms. The predicted octanol–water partition coefficient (Wildman–Crippen LogP) is 1.80. The number of nitrogen functional groups attached to an aromatic ring is 1. The van der Waals surface area contributed by atoms with Crippen LogP contribution in [-0.4, -0.2) is 19.9 Å². The maximum Gasteiger partial charge on any atom is 0.113 e. The number of hydrogen-bond donors (Lipinski definition) is 1. The largest absolute Gasteiger partial charge is 0.399 e. The summed E-state index contributed by atoms with van der Waals surface area (Å²) >= 11 is 0. The Morgan fingerprint density at radius 2 is 2.00 bits per heavy atom. The molecule has 0 aliphatic rings. The van der Waals surface area contributed by atoms with Gasteiger partial charge in [0.1, 0.15) is 6.67 Å². The lowest BCUT2D eigenvalue weighted by molar-refractivity contribution is 0.122. The molecule has 0 aliphatic heterocycles. The molecule has 0 radical (unpaired) electrons. The zero-order valence-corrected chi connectivity index (χ0v) is 7.50. The molecule has 2 nitrogen and oxygen atoms in total. The molecule has 13 heavy (non-hydrogen) atoms. The first-order chi connectivity index (χ1) is 6.34. The molecule has 1 rings (SSSR count). The van der Waals surface area contributed by atoms with Gasteiger partial charge in [0.05, 0.1) is 13.2 Å². The summed E-state index contributed by atoms with van der Waals surface area (Å²) in [5.74, 6) is 0. The van der Waals surface area contributed by atoms with Gasteiger partial charge in [-0.15, -0.1) is 0 Å². The highest BCUT2D eigenvalue weighted by molar-refractivity contribution is 5.46. The fourth-order valence-corrected chi connectivity index (χ4v) is 1.10. The Hall–Kier alpha value is -1.09. The number of nitrogens with two attached hydrogens (primary N) is 1. The van der Waals surface area contributed by atoms with Crippen molar-refractivity contribution in [1.82, 2.24) is 0 Å². The summed E-state index contributed by atoms with van der Waals surface area (Å²) in [4.78, 5) is 0. The number of para-hydroxylation sites is 1. The lowest BCUT2D eigenvalue weighted by Crippen LogP contribution is -2.03. The molecule has 0 amide bonds. The van der Waals surface area contributed by atoms with E-state index in [9.17, 15) is 4.39 Å². The van der Waals surface area contributed by atoms with Crippen molar-refractivity contribution in [3.63, 3.8) is 0 Å². The standard InChI is InChI=1S/C10H14FNO/c11-6-8-13-7-5-9-3-1-2-4-10(9)12/h1-4H,5-8,12H2. The lowest BCUT2D eigenvalue weighted by Gasteiger charge is -2.04. The van der Waals surface area contributed by atoms with Gasteiger partial charge >= 0.3 is 0 Å². The summed E-state index contributed by atoms with van der Waals surface area (Å²) in [7, 11) is 0. The summed E-state index contributed by atoms with van der Waals surface area (Å²) < 4.78 is 16.7. The number of halogens is 1. The zero-order valence-electron chi connectivity index (χ0n) is 7.50. The average molecular weight is 183 g/mol. The van der Waals surface area contributed by atoms with Gasteiger partial charge < -0.3 is 10.5 Å². The molecule has 0 aliphatic carbocycles. The van der Waals surface area contributed by atoms with Crippen LogP contribution in [0.15, 0.2) is 24.3 Å². The van der Waals surface area contributed by atoms with Crippen LogP contribution in [-0.2, 0) is 11.2 Å². The molecule has 0 heterocycles. The quantitative estimate of drug-likeness (QED) is 0.558. The van der Waals surface area contributed by atoms with Crippen molar-refractivity contribution in [3.05, 3.63) is 29.8 Å². The first-order valence-corrected chi connectivity index (χ1v) is 4.31. The molecule has 0 spiro atoms. The minimum atomic E-state index is -0.426. The third-order valence-electron chi connectivity index (χ3n) is 1.79. The highest BCUT2D eigenvalue weighted by Crippen LogP contribution is 2.10. The smallest absolute Gasteiger partial charge is 0.113 e. The highest BCUT2D eigenvalue weighted by Gasteiger charge is 1.96. The molecule has 1 aromatic rings. The Morgan fingerprint density at radius 1 is 1.23 bits per heavy atom. The summed E-state index contributed by atoms with van der Waals surface area (Å²) in [5.41, 5.74) is 7.53. The maximum absolute atomic E-state index is 11.6. The van der Waals surface area contributed by atoms with Gasteiger partial charge in [0, 0.05) is 5.69 Å². The van der Waals surface area contributed by atoms with Crippen LogP contribution >= 0.6 is 0 Å². The lowest BCUT2D eigenvalue weighted by atomic mass is 10.1. The van der Waals surface area contributed by atoms with Crippen LogP contribution in [0.1, 0.15) is 5.56 Å². The van der Waals surface area contributed by atoms with Gasteiger partial charge in [0.25, 0.3) is 0 Å². The van der Waals surface area contributed by atoms with Crippen molar-refractivity contribution < 1.29 is 9.13 Å². The number of anilines is 1. The van der Waals surface area contributed by atoms with E-state index in [1.54, 1.807) is 0 Å². The number of rotatable bonds is 5. The van der Waals surface area contributed by atoms with Gasteiger partial charge in [-0.05, 0) is 18.1 Å². The van der Waals surface area contributed by atoms with Crippen LogP contribution in [0.3, 0.4) is 0 Å². The van der Waals surface area contributed by atoms with Gasteiger partial charge in [-0.1, -0.05) is 18.2 Å². The SMILES string of the molecule is Nc1ccccc1CCOCCF. The monoisotopic (exact) mass is 183 g/mol. The maximum atomic E-state index is 11.6. The Balaban J connectivity index is 2.32. The molecule has 0 atom stereocenters. The predicted molar refractivity (Wildman–Crippen MR) is 51.4 cm³/mol. The number of hydrogen-bond acceptors (Lipinski definition) is 2. The van der Waals surface area contributed by atoms with E-state index >= 15 is 0 Å². The van der Waals surface area contributed by atoms with Gasteiger partial charge in [0.2, 0.25) is 0 Å². The molecule has 0 aromatic heterocycles. The molecular formula is C10H14FNO.